The molecule has 0 unspecified atom stereocenters. The Kier molecular flexibility index (Phi) is 5.37. The monoisotopic (exact) mass is 334 g/mol. The van der Waals surface area contributed by atoms with Gasteiger partial charge in [-0.25, -0.2) is 0 Å². The van der Waals surface area contributed by atoms with Crippen LogP contribution in [0.25, 0.3) is 11.1 Å². The van der Waals surface area contributed by atoms with Gasteiger partial charge in [-0.05, 0) is 24.1 Å². The first-order valence-electron chi connectivity index (χ1n) is 7.03. The predicted molar refractivity (Wildman–Crippen MR) is 89.1 cm³/mol. The van der Waals surface area contributed by atoms with Crippen LogP contribution in [0.2, 0.25) is 0 Å². The molecule has 1 N–H and O–H groups in total. The Morgan fingerprint density at radius 2 is 1.74 bits per heavy atom. The van der Waals surface area contributed by atoms with E-state index in [0.717, 1.165) is 5.56 Å². The molecule has 2 aromatic rings. The third-order valence-electron chi connectivity index (χ3n) is 3.64. The molecule has 0 saturated heterocycles. The lowest BCUT2D eigenvalue weighted by molar-refractivity contribution is 0.101. The summed E-state index contributed by atoms with van der Waals surface area (Å²) in [7, 11) is -0.957. The van der Waals surface area contributed by atoms with Gasteiger partial charge in [-0.2, -0.15) is 0 Å². The number of phenolic OH excluding ortho intramolecular Hbond substituents is 1. The molecule has 0 aliphatic carbocycles. The molecule has 6 heteroatoms. The van der Waals surface area contributed by atoms with E-state index in [1.165, 1.54) is 14.2 Å². The van der Waals surface area contributed by atoms with Crippen LogP contribution in [-0.2, 0) is 13.6 Å². The molecule has 0 aliphatic heterocycles. The van der Waals surface area contributed by atoms with Gasteiger partial charge in [0.15, 0.2) is 5.78 Å². The number of carbonyl (C=O) groups excluding carboxylic acids is 1. The van der Waals surface area contributed by atoms with Crippen molar-refractivity contribution in [1.29, 1.82) is 0 Å². The number of ketones is 1. The van der Waals surface area contributed by atoms with Crippen molar-refractivity contribution in [1.82, 2.24) is 0 Å². The van der Waals surface area contributed by atoms with Crippen molar-refractivity contribution in [3.05, 3.63) is 53.6 Å². The molecule has 0 radical (unpaired) electrons. The number of rotatable bonds is 6. The number of aryl methyl sites for hydroxylation is 1. The van der Waals surface area contributed by atoms with Crippen molar-refractivity contribution in [3.8, 4) is 16.9 Å². The largest absolute Gasteiger partial charge is 0.507 e. The molecule has 2 aromatic carbocycles. The highest BCUT2D eigenvalue weighted by Gasteiger charge is 2.28. The van der Waals surface area contributed by atoms with Gasteiger partial charge in [0.2, 0.25) is 0 Å². The van der Waals surface area contributed by atoms with Crippen molar-refractivity contribution < 1.29 is 23.5 Å². The summed E-state index contributed by atoms with van der Waals surface area (Å²) < 4.78 is 21.9. The summed E-state index contributed by atoms with van der Waals surface area (Å²) in [4.78, 5) is 12.6. The smallest absolute Gasteiger partial charge is 0.337 e. The summed E-state index contributed by atoms with van der Waals surface area (Å²) in [5.41, 5.74) is 2.38. The Labute approximate surface area is 135 Å². The predicted octanol–water partition coefficient (Wildman–Crippen LogP) is 4.04. The zero-order valence-electron chi connectivity index (χ0n) is 13.3. The van der Waals surface area contributed by atoms with Crippen LogP contribution in [0.4, 0.5) is 0 Å². The molecule has 0 atom stereocenters. The van der Waals surface area contributed by atoms with Crippen molar-refractivity contribution in [3.63, 3.8) is 0 Å². The molecule has 122 valence electrons. The fraction of sp³-hybridized carbons (Fsp3) is 0.235. The maximum Gasteiger partial charge on any atom is 0.337 e. The van der Waals surface area contributed by atoms with E-state index < -0.39 is 7.60 Å². The second-order valence-corrected chi connectivity index (χ2v) is 7.34. The molecule has 0 amide bonds. The Bertz CT molecular complexity index is 741. The number of phenols is 1. The average molecular weight is 334 g/mol. The standard InChI is InChI=1S/C17H19O5P/c1-12-7-6-10-15(18)17(12)14-9-5-4-8-13(14)16(19)11-23(20,21-2)22-3/h4-10,18H,11H2,1-3H3. The van der Waals surface area contributed by atoms with Crippen LogP contribution in [0.15, 0.2) is 42.5 Å². The quantitative estimate of drug-likeness (QED) is 0.638. The van der Waals surface area contributed by atoms with Gasteiger partial charge in [0, 0.05) is 25.3 Å². The summed E-state index contributed by atoms with van der Waals surface area (Å²) in [5.74, 6) is -0.276. The third-order valence-corrected chi connectivity index (χ3v) is 5.43. The van der Waals surface area contributed by atoms with Crippen LogP contribution in [0.5, 0.6) is 5.75 Å². The van der Waals surface area contributed by atoms with E-state index in [9.17, 15) is 14.5 Å². The van der Waals surface area contributed by atoms with E-state index in [1.54, 1.807) is 36.4 Å². The molecular weight excluding hydrogens is 315 g/mol. The lowest BCUT2D eigenvalue weighted by Gasteiger charge is -2.15. The molecule has 0 aromatic heterocycles. The molecular formula is C17H19O5P. The third kappa shape index (κ3) is 3.70. The summed E-state index contributed by atoms with van der Waals surface area (Å²) in [5, 5.41) is 10.2. The van der Waals surface area contributed by atoms with Crippen LogP contribution < -0.4 is 0 Å². The number of hydrogen-bond donors (Lipinski definition) is 1. The number of carbonyl (C=O) groups is 1. The minimum absolute atomic E-state index is 0.0897. The van der Waals surface area contributed by atoms with E-state index in [-0.39, 0.29) is 17.7 Å². The SMILES string of the molecule is COP(=O)(CC(=O)c1ccccc1-c1c(C)cccc1O)OC. The molecule has 2 rings (SSSR count). The Balaban J connectivity index is 2.51. The number of benzene rings is 2. The maximum atomic E-state index is 12.6. The second-order valence-electron chi connectivity index (χ2n) is 5.07. The van der Waals surface area contributed by atoms with Crippen molar-refractivity contribution in [2.45, 2.75) is 6.92 Å². The summed E-state index contributed by atoms with van der Waals surface area (Å²) in [6, 6.07) is 12.0. The number of aromatic hydroxyl groups is 1. The van der Waals surface area contributed by atoms with E-state index in [4.69, 9.17) is 9.05 Å². The van der Waals surface area contributed by atoms with E-state index >= 15 is 0 Å². The van der Waals surface area contributed by atoms with Gasteiger partial charge in [-0.15, -0.1) is 0 Å². The zero-order chi connectivity index (χ0) is 17.0. The average Bonchev–Trinajstić information content (AvgIpc) is 2.55. The van der Waals surface area contributed by atoms with E-state index in [0.29, 0.717) is 16.7 Å². The Morgan fingerprint density at radius 1 is 1.09 bits per heavy atom. The lowest BCUT2D eigenvalue weighted by atomic mass is 9.93. The van der Waals surface area contributed by atoms with E-state index in [2.05, 4.69) is 0 Å². The van der Waals surface area contributed by atoms with Gasteiger partial charge >= 0.3 is 7.60 Å². The highest BCUT2D eigenvalue weighted by Crippen LogP contribution is 2.47. The maximum absolute atomic E-state index is 12.6. The molecule has 0 aliphatic rings. The fourth-order valence-electron chi connectivity index (χ4n) is 2.41. The summed E-state index contributed by atoms with van der Waals surface area (Å²) in [6.45, 7) is 1.85. The fourth-order valence-corrected chi connectivity index (χ4v) is 3.34. The van der Waals surface area contributed by atoms with Gasteiger partial charge in [0.25, 0.3) is 0 Å². The van der Waals surface area contributed by atoms with Gasteiger partial charge in [-0.1, -0.05) is 36.4 Å². The molecule has 0 heterocycles. The first kappa shape index (κ1) is 17.4. The van der Waals surface area contributed by atoms with Crippen LogP contribution in [-0.4, -0.2) is 31.3 Å². The molecule has 5 nitrogen and oxygen atoms in total. The van der Waals surface area contributed by atoms with Gasteiger partial charge < -0.3 is 14.2 Å². The first-order valence-corrected chi connectivity index (χ1v) is 8.76. The second kappa shape index (κ2) is 7.09. The van der Waals surface area contributed by atoms with Crippen LogP contribution in [0.3, 0.4) is 0 Å². The summed E-state index contributed by atoms with van der Waals surface area (Å²) >= 11 is 0. The van der Waals surface area contributed by atoms with Crippen LogP contribution >= 0.6 is 7.60 Å². The summed E-state index contributed by atoms with van der Waals surface area (Å²) in [6.07, 6.45) is -0.357. The van der Waals surface area contributed by atoms with Crippen LogP contribution in [0, 0.1) is 6.92 Å². The highest BCUT2D eigenvalue weighted by atomic mass is 31.2. The van der Waals surface area contributed by atoms with Gasteiger partial charge in [0.1, 0.15) is 11.9 Å². The number of Topliss-reactive ketones (excluding diaryl/α,β-unsaturated/α-hetero) is 1. The minimum Gasteiger partial charge on any atom is -0.507 e. The van der Waals surface area contributed by atoms with E-state index in [1.807, 2.05) is 13.0 Å². The van der Waals surface area contributed by atoms with Crippen molar-refractivity contribution >= 4 is 13.4 Å². The normalized spacial score (nSPS) is 11.4. The molecule has 23 heavy (non-hydrogen) atoms. The van der Waals surface area contributed by atoms with Crippen LogP contribution in [0.1, 0.15) is 15.9 Å². The zero-order valence-corrected chi connectivity index (χ0v) is 14.2. The Hall–Kier alpha value is -1.94. The highest BCUT2D eigenvalue weighted by molar-refractivity contribution is 7.54. The topological polar surface area (TPSA) is 72.8 Å². The number of hydrogen-bond acceptors (Lipinski definition) is 5. The van der Waals surface area contributed by atoms with Crippen molar-refractivity contribution in [2.24, 2.45) is 0 Å². The van der Waals surface area contributed by atoms with Gasteiger partial charge in [-0.3, -0.25) is 9.36 Å². The molecule has 0 bridgehead atoms. The van der Waals surface area contributed by atoms with Crippen molar-refractivity contribution in [2.75, 3.05) is 20.4 Å². The lowest BCUT2D eigenvalue weighted by Crippen LogP contribution is -2.10. The minimum atomic E-state index is -3.45. The van der Waals surface area contributed by atoms with Gasteiger partial charge in [0.05, 0.1) is 0 Å². The molecule has 0 fully saturated rings. The molecule has 0 saturated carbocycles. The Morgan fingerprint density at radius 3 is 2.35 bits per heavy atom. The first-order chi connectivity index (χ1) is 10.9. The molecule has 0 spiro atoms.